The van der Waals surface area contributed by atoms with Gasteiger partial charge in [-0.3, -0.25) is 15.1 Å². The van der Waals surface area contributed by atoms with E-state index in [9.17, 15) is 10.1 Å². The van der Waals surface area contributed by atoms with Crippen LogP contribution in [0.5, 0.6) is 0 Å². The van der Waals surface area contributed by atoms with Crippen molar-refractivity contribution in [2.24, 2.45) is 0 Å². The molecule has 0 fully saturated rings. The Morgan fingerprint density at radius 1 is 1.21 bits per heavy atom. The fraction of sp³-hybridized carbons (Fsp3) is 0.176. The van der Waals surface area contributed by atoms with Crippen LogP contribution in [0.25, 0.3) is 5.69 Å². The van der Waals surface area contributed by atoms with Gasteiger partial charge in [-0.25, -0.2) is 4.68 Å². The summed E-state index contributed by atoms with van der Waals surface area (Å²) in [5, 5.41) is 18.9. The standard InChI is InChI=1S/C17H15N5O2/c23-22(24)14-6-4-13(5-7-14)21-17-15(8-10-19-17)16(20-21)11-12-3-1-2-9-18-12/h1-7,9,19H,8,10-11H2. The molecule has 0 saturated heterocycles. The molecule has 7 heteroatoms. The third kappa shape index (κ3) is 2.50. The number of pyridine rings is 1. The summed E-state index contributed by atoms with van der Waals surface area (Å²) in [4.78, 5) is 14.8. The molecule has 1 N–H and O–H groups in total. The summed E-state index contributed by atoms with van der Waals surface area (Å²) >= 11 is 0. The van der Waals surface area contributed by atoms with Gasteiger partial charge in [-0.05, 0) is 30.7 Å². The number of nitro benzene ring substituents is 1. The molecule has 4 rings (SSSR count). The Morgan fingerprint density at radius 3 is 2.75 bits per heavy atom. The van der Waals surface area contributed by atoms with E-state index in [4.69, 9.17) is 5.10 Å². The molecule has 0 unspecified atom stereocenters. The lowest BCUT2D eigenvalue weighted by Crippen LogP contribution is -2.05. The Balaban J connectivity index is 1.72. The van der Waals surface area contributed by atoms with Crippen LogP contribution in [-0.4, -0.2) is 26.2 Å². The topological polar surface area (TPSA) is 85.9 Å². The third-order valence-corrected chi connectivity index (χ3v) is 4.11. The average Bonchev–Trinajstić information content (AvgIpc) is 3.20. The molecule has 1 aromatic carbocycles. The molecule has 0 bridgehead atoms. The van der Waals surface area contributed by atoms with Gasteiger partial charge in [-0.2, -0.15) is 5.10 Å². The summed E-state index contributed by atoms with van der Waals surface area (Å²) < 4.78 is 1.82. The van der Waals surface area contributed by atoms with Gasteiger partial charge < -0.3 is 5.32 Å². The minimum atomic E-state index is -0.401. The molecule has 1 aliphatic rings. The van der Waals surface area contributed by atoms with Crippen LogP contribution in [0, 0.1) is 10.1 Å². The zero-order valence-corrected chi connectivity index (χ0v) is 12.8. The van der Waals surface area contributed by atoms with Crippen LogP contribution >= 0.6 is 0 Å². The molecule has 0 spiro atoms. The van der Waals surface area contributed by atoms with Crippen LogP contribution in [-0.2, 0) is 12.8 Å². The minimum Gasteiger partial charge on any atom is -0.369 e. The van der Waals surface area contributed by atoms with Crippen LogP contribution in [0.15, 0.2) is 48.7 Å². The number of nitro groups is 1. The number of fused-ring (bicyclic) bond motifs is 1. The molecule has 0 atom stereocenters. The normalized spacial score (nSPS) is 12.7. The molecule has 1 aliphatic heterocycles. The predicted molar refractivity (Wildman–Crippen MR) is 89.5 cm³/mol. The number of benzene rings is 1. The van der Waals surface area contributed by atoms with E-state index in [1.807, 2.05) is 22.9 Å². The van der Waals surface area contributed by atoms with Crippen molar-refractivity contribution in [1.29, 1.82) is 0 Å². The second-order valence-electron chi connectivity index (χ2n) is 5.63. The van der Waals surface area contributed by atoms with Crippen LogP contribution in [0.3, 0.4) is 0 Å². The molecular weight excluding hydrogens is 306 g/mol. The highest BCUT2D eigenvalue weighted by Gasteiger charge is 2.23. The lowest BCUT2D eigenvalue weighted by molar-refractivity contribution is -0.384. The number of nitrogens with zero attached hydrogens (tertiary/aromatic N) is 4. The quantitative estimate of drug-likeness (QED) is 0.590. The molecule has 24 heavy (non-hydrogen) atoms. The van der Waals surface area contributed by atoms with Gasteiger partial charge >= 0.3 is 0 Å². The Bertz CT molecular complexity index is 887. The van der Waals surface area contributed by atoms with Gasteiger partial charge in [0.25, 0.3) is 5.69 Å². The van der Waals surface area contributed by atoms with E-state index < -0.39 is 4.92 Å². The molecule has 120 valence electrons. The van der Waals surface area contributed by atoms with Crippen molar-refractivity contribution < 1.29 is 4.92 Å². The van der Waals surface area contributed by atoms with Gasteiger partial charge in [0, 0.05) is 42.6 Å². The van der Waals surface area contributed by atoms with Crippen LogP contribution < -0.4 is 5.32 Å². The van der Waals surface area contributed by atoms with Gasteiger partial charge in [-0.15, -0.1) is 0 Å². The SMILES string of the molecule is O=[N+]([O-])c1ccc(-n2nc(Cc3ccccn3)c3c2NCC3)cc1. The molecule has 3 heterocycles. The first-order valence-corrected chi connectivity index (χ1v) is 7.72. The molecule has 2 aromatic heterocycles. The predicted octanol–water partition coefficient (Wildman–Crippen LogP) is 2.73. The highest BCUT2D eigenvalue weighted by Crippen LogP contribution is 2.30. The second-order valence-corrected chi connectivity index (χ2v) is 5.63. The van der Waals surface area contributed by atoms with Gasteiger partial charge in [0.15, 0.2) is 0 Å². The van der Waals surface area contributed by atoms with E-state index >= 15 is 0 Å². The number of anilines is 1. The zero-order chi connectivity index (χ0) is 16.5. The molecule has 0 saturated carbocycles. The first-order chi connectivity index (χ1) is 11.7. The van der Waals surface area contributed by atoms with Crippen molar-refractivity contribution in [2.75, 3.05) is 11.9 Å². The fourth-order valence-electron chi connectivity index (χ4n) is 2.96. The molecule has 7 nitrogen and oxygen atoms in total. The van der Waals surface area contributed by atoms with E-state index in [1.165, 1.54) is 17.7 Å². The van der Waals surface area contributed by atoms with Crippen molar-refractivity contribution in [3.05, 3.63) is 75.7 Å². The van der Waals surface area contributed by atoms with Gasteiger partial charge in [0.1, 0.15) is 5.82 Å². The van der Waals surface area contributed by atoms with Crippen LogP contribution in [0.1, 0.15) is 17.0 Å². The summed E-state index contributed by atoms with van der Waals surface area (Å²) in [6.07, 6.45) is 3.37. The number of nitrogens with one attached hydrogen (secondary N) is 1. The maximum absolute atomic E-state index is 10.8. The molecule has 3 aromatic rings. The smallest absolute Gasteiger partial charge is 0.269 e. The van der Waals surface area contributed by atoms with Crippen molar-refractivity contribution in [3.63, 3.8) is 0 Å². The lowest BCUT2D eigenvalue weighted by Gasteiger charge is -2.06. The number of non-ortho nitro benzene ring substituents is 1. The molecular formula is C17H15N5O2. The number of hydrogen-bond acceptors (Lipinski definition) is 5. The van der Waals surface area contributed by atoms with E-state index in [-0.39, 0.29) is 5.69 Å². The first-order valence-electron chi connectivity index (χ1n) is 7.72. The zero-order valence-electron chi connectivity index (χ0n) is 12.8. The van der Waals surface area contributed by atoms with Crippen molar-refractivity contribution in [3.8, 4) is 5.69 Å². The summed E-state index contributed by atoms with van der Waals surface area (Å²) in [6.45, 7) is 0.870. The van der Waals surface area contributed by atoms with Gasteiger partial charge in [-0.1, -0.05) is 6.07 Å². The maximum atomic E-state index is 10.8. The maximum Gasteiger partial charge on any atom is 0.269 e. The van der Waals surface area contributed by atoms with Gasteiger partial charge in [0.05, 0.1) is 16.3 Å². The van der Waals surface area contributed by atoms with Crippen molar-refractivity contribution in [1.82, 2.24) is 14.8 Å². The summed E-state index contributed by atoms with van der Waals surface area (Å²) in [5.41, 5.74) is 4.04. The Labute approximate surface area is 138 Å². The number of hydrogen-bond donors (Lipinski definition) is 1. The highest BCUT2D eigenvalue weighted by molar-refractivity contribution is 5.58. The van der Waals surface area contributed by atoms with Crippen molar-refractivity contribution >= 4 is 11.5 Å². The largest absolute Gasteiger partial charge is 0.369 e. The molecule has 0 aliphatic carbocycles. The fourth-order valence-corrected chi connectivity index (χ4v) is 2.96. The molecule has 0 radical (unpaired) electrons. The highest BCUT2D eigenvalue weighted by atomic mass is 16.6. The summed E-state index contributed by atoms with van der Waals surface area (Å²) in [5.74, 6) is 0.967. The van der Waals surface area contributed by atoms with Gasteiger partial charge in [0.2, 0.25) is 0 Å². The Hall–Kier alpha value is -3.22. The monoisotopic (exact) mass is 321 g/mol. The van der Waals surface area contributed by atoms with Crippen LogP contribution in [0.4, 0.5) is 11.5 Å². The minimum absolute atomic E-state index is 0.0734. The Kier molecular flexibility index (Phi) is 3.45. The Morgan fingerprint density at radius 2 is 2.04 bits per heavy atom. The number of rotatable bonds is 4. The third-order valence-electron chi connectivity index (χ3n) is 4.11. The summed E-state index contributed by atoms with van der Waals surface area (Å²) in [7, 11) is 0. The van der Waals surface area contributed by atoms with Crippen molar-refractivity contribution in [2.45, 2.75) is 12.8 Å². The van der Waals surface area contributed by atoms with Crippen LogP contribution in [0.2, 0.25) is 0 Å². The van der Waals surface area contributed by atoms with E-state index in [2.05, 4.69) is 10.3 Å². The summed E-state index contributed by atoms with van der Waals surface area (Å²) in [6, 6.07) is 12.3. The first kappa shape index (κ1) is 14.4. The molecule has 0 amide bonds. The van der Waals surface area contributed by atoms with E-state index in [0.717, 1.165) is 35.9 Å². The number of aromatic nitrogens is 3. The van der Waals surface area contributed by atoms with E-state index in [1.54, 1.807) is 18.3 Å². The van der Waals surface area contributed by atoms with E-state index in [0.29, 0.717) is 6.42 Å². The second kappa shape index (κ2) is 5.77. The average molecular weight is 321 g/mol. The lowest BCUT2D eigenvalue weighted by atomic mass is 10.1.